The molecular formula is C22H27F4N3O2. The van der Waals surface area contributed by atoms with Gasteiger partial charge in [0.25, 0.3) is 0 Å². The van der Waals surface area contributed by atoms with Crippen molar-refractivity contribution >= 4 is 11.9 Å². The lowest BCUT2D eigenvalue weighted by atomic mass is 9.74. The second-order valence-corrected chi connectivity index (χ2v) is 8.16. The molecule has 1 unspecified atom stereocenters. The Labute approximate surface area is 178 Å². The number of ether oxygens (including phenoxy) is 1. The Balaban J connectivity index is 2.40. The molecule has 1 atom stereocenters. The molecule has 0 heterocycles. The molecule has 2 aromatic rings. The van der Waals surface area contributed by atoms with Crippen molar-refractivity contribution in [1.29, 1.82) is 0 Å². The molecule has 0 aliphatic carbocycles. The molecule has 2 rings (SSSR count). The summed E-state index contributed by atoms with van der Waals surface area (Å²) < 4.78 is 61.0. The summed E-state index contributed by atoms with van der Waals surface area (Å²) in [6, 6.07) is 8.68. The molecule has 0 spiro atoms. The van der Waals surface area contributed by atoms with Crippen LogP contribution in [0.2, 0.25) is 0 Å². The Hall–Kier alpha value is -2.81. The van der Waals surface area contributed by atoms with E-state index in [-0.39, 0.29) is 11.3 Å². The molecule has 0 bridgehead atoms. The zero-order valence-electron chi connectivity index (χ0n) is 17.8. The first-order valence-electron chi connectivity index (χ1n) is 9.54. The minimum absolute atomic E-state index is 0.226. The van der Waals surface area contributed by atoms with Crippen LogP contribution in [-0.4, -0.2) is 36.8 Å². The van der Waals surface area contributed by atoms with Crippen LogP contribution in [0.25, 0.3) is 0 Å². The van der Waals surface area contributed by atoms with E-state index < -0.39 is 36.0 Å². The smallest absolute Gasteiger partial charge is 0.418 e. The Morgan fingerprint density at radius 2 is 1.84 bits per heavy atom. The van der Waals surface area contributed by atoms with Gasteiger partial charge in [0, 0.05) is 16.8 Å². The third kappa shape index (κ3) is 5.66. The van der Waals surface area contributed by atoms with Crippen LogP contribution in [0, 0.1) is 12.7 Å². The van der Waals surface area contributed by atoms with E-state index in [1.165, 1.54) is 33.2 Å². The molecule has 0 saturated carbocycles. The highest BCUT2D eigenvalue weighted by atomic mass is 19.4. The largest absolute Gasteiger partial charge is 0.496 e. The highest BCUT2D eigenvalue weighted by Crippen LogP contribution is 2.43. The fraction of sp³-hybridized carbons (Fsp3) is 0.409. The lowest BCUT2D eigenvalue weighted by Gasteiger charge is -2.38. The van der Waals surface area contributed by atoms with E-state index in [2.05, 4.69) is 10.4 Å². The highest BCUT2D eigenvalue weighted by Gasteiger charge is 2.56. The van der Waals surface area contributed by atoms with Crippen LogP contribution in [-0.2, 0) is 5.41 Å². The zero-order chi connectivity index (χ0) is 23.4. The number of methoxy groups -OCH3 is 1. The van der Waals surface area contributed by atoms with E-state index in [1.807, 2.05) is 0 Å². The van der Waals surface area contributed by atoms with Crippen LogP contribution < -0.4 is 15.9 Å². The minimum Gasteiger partial charge on any atom is -0.496 e. The molecular weight excluding hydrogens is 414 g/mol. The van der Waals surface area contributed by atoms with Crippen LogP contribution in [0.5, 0.6) is 5.75 Å². The van der Waals surface area contributed by atoms with Crippen LogP contribution >= 0.6 is 0 Å². The topological polar surface area (TPSA) is 79.9 Å². The maximum absolute atomic E-state index is 14.0. The normalized spacial score (nSPS) is 14.5. The van der Waals surface area contributed by atoms with Gasteiger partial charge in [-0.25, -0.2) is 4.39 Å². The first-order valence-corrected chi connectivity index (χ1v) is 9.54. The van der Waals surface area contributed by atoms with Crippen molar-refractivity contribution in [3.05, 3.63) is 58.9 Å². The first-order chi connectivity index (χ1) is 14.3. The Kier molecular flexibility index (Phi) is 7.21. The van der Waals surface area contributed by atoms with Gasteiger partial charge < -0.3 is 21.0 Å². The third-order valence-electron chi connectivity index (χ3n) is 5.15. The summed E-state index contributed by atoms with van der Waals surface area (Å²) >= 11 is 0. The summed E-state index contributed by atoms with van der Waals surface area (Å²) in [7, 11) is 1.35. The van der Waals surface area contributed by atoms with Crippen molar-refractivity contribution in [2.45, 2.75) is 44.4 Å². The average molecular weight is 441 g/mol. The van der Waals surface area contributed by atoms with Gasteiger partial charge in [0.15, 0.2) is 5.60 Å². The molecule has 0 fully saturated rings. The van der Waals surface area contributed by atoms with Gasteiger partial charge in [-0.1, -0.05) is 26.0 Å². The molecule has 31 heavy (non-hydrogen) atoms. The second kappa shape index (κ2) is 9.13. The molecule has 0 radical (unpaired) electrons. The van der Waals surface area contributed by atoms with Gasteiger partial charge in [-0.3, -0.25) is 0 Å². The molecule has 170 valence electrons. The molecule has 0 aliphatic rings. The number of nitrogens with one attached hydrogen (secondary N) is 1. The lowest BCUT2D eigenvalue weighted by molar-refractivity contribution is -0.260. The molecule has 5 nitrogen and oxygen atoms in total. The number of anilines is 1. The SMILES string of the molecule is COc1ccc(F)cc1C(C)(C)CC(O)(CNc1cc(C)ccc1/C=N\N)C(F)(F)F. The molecule has 0 aromatic heterocycles. The van der Waals surface area contributed by atoms with Crippen molar-refractivity contribution < 1.29 is 27.4 Å². The monoisotopic (exact) mass is 441 g/mol. The molecule has 0 amide bonds. The minimum atomic E-state index is -4.95. The van der Waals surface area contributed by atoms with Gasteiger partial charge in [-0.15, -0.1) is 0 Å². The van der Waals surface area contributed by atoms with E-state index in [9.17, 15) is 22.7 Å². The quantitative estimate of drug-likeness (QED) is 0.244. The highest BCUT2D eigenvalue weighted by molar-refractivity contribution is 5.87. The van der Waals surface area contributed by atoms with Crippen molar-refractivity contribution in [3.8, 4) is 5.75 Å². The van der Waals surface area contributed by atoms with Crippen molar-refractivity contribution in [2.24, 2.45) is 10.9 Å². The number of nitrogens with zero attached hydrogens (tertiary/aromatic N) is 1. The van der Waals surface area contributed by atoms with Gasteiger partial charge in [0.05, 0.1) is 19.9 Å². The summed E-state index contributed by atoms with van der Waals surface area (Å²) in [5, 5.41) is 16.8. The summed E-state index contributed by atoms with van der Waals surface area (Å²) in [6.45, 7) is 3.95. The number of alkyl halides is 3. The van der Waals surface area contributed by atoms with Gasteiger partial charge in [0.1, 0.15) is 11.6 Å². The number of hydrogen-bond donors (Lipinski definition) is 3. The Morgan fingerprint density at radius 3 is 2.42 bits per heavy atom. The van der Waals surface area contributed by atoms with E-state index in [0.717, 1.165) is 17.7 Å². The van der Waals surface area contributed by atoms with Crippen molar-refractivity contribution in [3.63, 3.8) is 0 Å². The van der Waals surface area contributed by atoms with Crippen LogP contribution in [0.3, 0.4) is 0 Å². The van der Waals surface area contributed by atoms with E-state index in [4.69, 9.17) is 10.6 Å². The Morgan fingerprint density at radius 1 is 1.16 bits per heavy atom. The summed E-state index contributed by atoms with van der Waals surface area (Å²) in [5.41, 5.74) is -2.54. The number of hydrazone groups is 1. The Bertz CT molecular complexity index is 945. The number of halogens is 4. The van der Waals surface area contributed by atoms with E-state index in [0.29, 0.717) is 11.3 Å². The number of hydrogen-bond acceptors (Lipinski definition) is 5. The van der Waals surface area contributed by atoms with Crippen LogP contribution in [0.1, 0.15) is 37.0 Å². The summed E-state index contributed by atoms with van der Waals surface area (Å²) in [4.78, 5) is 0. The summed E-state index contributed by atoms with van der Waals surface area (Å²) in [5.74, 6) is 4.81. The number of benzene rings is 2. The molecule has 0 aliphatic heterocycles. The standard InChI is InChI=1S/C22H27F4N3O2/c1-14-5-6-15(11-29-27)18(9-14)28-13-21(30,22(24,25)26)12-20(2,3)17-10-16(23)7-8-19(17)31-4/h5-11,28,30H,12-13,27H2,1-4H3/b29-11-. The van der Waals surface area contributed by atoms with Crippen LogP contribution in [0.15, 0.2) is 41.5 Å². The number of rotatable bonds is 8. The molecule has 2 aromatic carbocycles. The fourth-order valence-electron chi connectivity index (χ4n) is 3.56. The predicted octanol–water partition coefficient (Wildman–Crippen LogP) is 4.51. The predicted molar refractivity (Wildman–Crippen MR) is 113 cm³/mol. The van der Waals surface area contributed by atoms with Crippen LogP contribution in [0.4, 0.5) is 23.2 Å². The van der Waals surface area contributed by atoms with Gasteiger partial charge in [0.2, 0.25) is 0 Å². The number of aryl methyl sites for hydroxylation is 1. The number of nitrogens with two attached hydrogens (primary N) is 1. The maximum atomic E-state index is 14.0. The first kappa shape index (κ1) is 24.5. The molecule has 0 saturated heterocycles. The molecule has 4 N–H and O–H groups in total. The van der Waals surface area contributed by atoms with Crippen molar-refractivity contribution in [1.82, 2.24) is 0 Å². The lowest BCUT2D eigenvalue weighted by Crippen LogP contribution is -2.53. The van der Waals surface area contributed by atoms with Gasteiger partial charge in [-0.05, 0) is 48.6 Å². The second-order valence-electron chi connectivity index (χ2n) is 8.16. The summed E-state index contributed by atoms with van der Waals surface area (Å²) in [6.07, 6.45) is -4.39. The molecule has 9 heteroatoms. The third-order valence-corrected chi connectivity index (χ3v) is 5.15. The average Bonchev–Trinajstić information content (AvgIpc) is 2.67. The maximum Gasteiger partial charge on any atom is 0.418 e. The fourth-order valence-corrected chi connectivity index (χ4v) is 3.56. The van der Waals surface area contributed by atoms with E-state index >= 15 is 0 Å². The van der Waals surface area contributed by atoms with Crippen molar-refractivity contribution in [2.75, 3.05) is 19.0 Å². The van der Waals surface area contributed by atoms with Gasteiger partial charge >= 0.3 is 6.18 Å². The number of aliphatic hydroxyl groups is 1. The van der Waals surface area contributed by atoms with E-state index in [1.54, 1.807) is 25.1 Å². The zero-order valence-corrected chi connectivity index (χ0v) is 17.8. The van der Waals surface area contributed by atoms with Gasteiger partial charge in [-0.2, -0.15) is 18.3 Å².